The highest BCUT2D eigenvalue weighted by molar-refractivity contribution is 8.00. The molecule has 2 heterocycles. The Morgan fingerprint density at radius 1 is 1.12 bits per heavy atom. The molecule has 168 valence electrons. The molecular formula is C24H29N5O2S. The highest BCUT2D eigenvalue weighted by Gasteiger charge is 2.25. The van der Waals surface area contributed by atoms with Gasteiger partial charge in [-0.25, -0.2) is 0 Å². The Labute approximate surface area is 193 Å². The molecule has 1 amide bonds. The molecule has 7 nitrogen and oxygen atoms in total. The average Bonchev–Trinajstić information content (AvgIpc) is 3.46. The Kier molecular flexibility index (Phi) is 6.99. The second-order valence-electron chi connectivity index (χ2n) is 7.83. The number of rotatable bonds is 8. The fourth-order valence-corrected chi connectivity index (χ4v) is 4.54. The predicted molar refractivity (Wildman–Crippen MR) is 129 cm³/mol. The van der Waals surface area contributed by atoms with Crippen molar-refractivity contribution in [1.29, 1.82) is 0 Å². The third-order valence-electron chi connectivity index (χ3n) is 5.39. The first-order valence-corrected chi connectivity index (χ1v) is 11.9. The minimum Gasteiger partial charge on any atom is -0.492 e. The summed E-state index contributed by atoms with van der Waals surface area (Å²) in [5, 5.41) is 12.3. The first-order valence-electron chi connectivity index (χ1n) is 11.0. The van der Waals surface area contributed by atoms with Crippen LogP contribution in [-0.4, -0.2) is 45.6 Å². The maximum absolute atomic E-state index is 13.0. The van der Waals surface area contributed by atoms with Gasteiger partial charge in [-0.05, 0) is 57.9 Å². The van der Waals surface area contributed by atoms with E-state index < -0.39 is 0 Å². The molecule has 1 aromatic heterocycles. The molecule has 0 aliphatic carbocycles. The van der Waals surface area contributed by atoms with Crippen molar-refractivity contribution in [1.82, 2.24) is 14.8 Å². The molecule has 3 aromatic rings. The minimum absolute atomic E-state index is 0.108. The molecule has 32 heavy (non-hydrogen) atoms. The molecule has 1 N–H and O–H groups in total. The van der Waals surface area contributed by atoms with Crippen LogP contribution >= 0.6 is 11.8 Å². The number of carbonyl (C=O) groups excluding carboxylic acids is 1. The van der Waals surface area contributed by atoms with Crippen LogP contribution in [0.2, 0.25) is 0 Å². The number of hydrogen-bond acceptors (Lipinski definition) is 6. The zero-order valence-electron chi connectivity index (χ0n) is 18.7. The van der Waals surface area contributed by atoms with E-state index >= 15 is 0 Å². The summed E-state index contributed by atoms with van der Waals surface area (Å²) in [4.78, 5) is 15.2. The van der Waals surface area contributed by atoms with E-state index in [1.807, 2.05) is 38.1 Å². The van der Waals surface area contributed by atoms with E-state index in [2.05, 4.69) is 56.2 Å². The van der Waals surface area contributed by atoms with Crippen LogP contribution in [0.25, 0.3) is 5.69 Å². The van der Waals surface area contributed by atoms with Crippen LogP contribution in [-0.2, 0) is 4.79 Å². The Hall–Kier alpha value is -3.00. The number of hydrogen-bond donors (Lipinski definition) is 1. The number of ether oxygens (including phenoxy) is 1. The molecule has 0 radical (unpaired) electrons. The lowest BCUT2D eigenvalue weighted by atomic mass is 10.2. The molecule has 1 fully saturated rings. The number of amides is 1. The van der Waals surface area contributed by atoms with Crippen molar-refractivity contribution < 1.29 is 9.53 Å². The monoisotopic (exact) mass is 451 g/mol. The number of nitrogens with zero attached hydrogens (tertiary/aromatic N) is 4. The van der Waals surface area contributed by atoms with Gasteiger partial charge in [0.05, 0.1) is 23.2 Å². The van der Waals surface area contributed by atoms with Gasteiger partial charge in [0.1, 0.15) is 5.75 Å². The van der Waals surface area contributed by atoms with Gasteiger partial charge < -0.3 is 15.0 Å². The summed E-state index contributed by atoms with van der Waals surface area (Å²) in [6.45, 7) is 8.35. The van der Waals surface area contributed by atoms with Crippen molar-refractivity contribution in [3.05, 3.63) is 54.1 Å². The van der Waals surface area contributed by atoms with Crippen LogP contribution in [0.3, 0.4) is 0 Å². The van der Waals surface area contributed by atoms with E-state index in [-0.39, 0.29) is 11.2 Å². The van der Waals surface area contributed by atoms with Crippen LogP contribution < -0.4 is 15.0 Å². The van der Waals surface area contributed by atoms with Crippen LogP contribution in [0.15, 0.2) is 53.7 Å². The number of nitrogens with one attached hydrogen (secondary N) is 1. The molecule has 1 unspecified atom stereocenters. The molecule has 0 saturated carbocycles. The topological polar surface area (TPSA) is 72.3 Å². The number of carbonyl (C=O) groups is 1. The lowest BCUT2D eigenvalue weighted by Crippen LogP contribution is -2.24. The van der Waals surface area contributed by atoms with E-state index in [9.17, 15) is 4.79 Å². The highest BCUT2D eigenvalue weighted by atomic mass is 32.2. The molecule has 2 aromatic carbocycles. The van der Waals surface area contributed by atoms with Gasteiger partial charge in [0.25, 0.3) is 0 Å². The average molecular weight is 452 g/mol. The van der Waals surface area contributed by atoms with Crippen LogP contribution in [0.4, 0.5) is 11.6 Å². The first kappa shape index (κ1) is 22.2. The Bertz CT molecular complexity index is 1060. The van der Waals surface area contributed by atoms with Gasteiger partial charge in [0.2, 0.25) is 11.9 Å². The van der Waals surface area contributed by atoms with Gasteiger partial charge in [-0.2, -0.15) is 0 Å². The summed E-state index contributed by atoms with van der Waals surface area (Å²) in [6, 6.07) is 15.8. The van der Waals surface area contributed by atoms with Gasteiger partial charge in [0.15, 0.2) is 5.16 Å². The molecular weight excluding hydrogens is 422 g/mol. The fraction of sp³-hybridized carbons (Fsp3) is 0.375. The fourth-order valence-electron chi connectivity index (χ4n) is 3.68. The van der Waals surface area contributed by atoms with Gasteiger partial charge in [-0.1, -0.05) is 41.6 Å². The SMILES string of the molecule is CCOc1ccccc1NC(=O)C(C)Sc1nnc(N2CCCC2)n1-c1ccc(C)cc1. The Morgan fingerprint density at radius 3 is 2.56 bits per heavy atom. The van der Waals surface area contributed by atoms with Crippen molar-refractivity contribution in [3.8, 4) is 11.4 Å². The minimum atomic E-state index is -0.371. The summed E-state index contributed by atoms with van der Waals surface area (Å²) in [7, 11) is 0. The third-order valence-corrected chi connectivity index (χ3v) is 6.44. The standard InChI is InChI=1S/C24H29N5O2S/c1-4-31-21-10-6-5-9-20(21)25-22(30)18(3)32-24-27-26-23(28-15-7-8-16-28)29(24)19-13-11-17(2)12-14-19/h5-6,9-14,18H,4,7-8,15-16H2,1-3H3,(H,25,30). The van der Waals surface area contributed by atoms with Crippen LogP contribution in [0.5, 0.6) is 5.75 Å². The normalized spacial score (nSPS) is 14.4. The maximum atomic E-state index is 13.0. The zero-order chi connectivity index (χ0) is 22.5. The quantitative estimate of drug-likeness (QED) is 0.501. The van der Waals surface area contributed by atoms with Gasteiger partial charge in [-0.15, -0.1) is 10.2 Å². The van der Waals surface area contributed by atoms with Crippen LogP contribution in [0.1, 0.15) is 32.3 Å². The van der Waals surface area contributed by atoms with Crippen molar-refractivity contribution >= 4 is 29.3 Å². The van der Waals surface area contributed by atoms with Crippen molar-refractivity contribution in [2.24, 2.45) is 0 Å². The van der Waals surface area contributed by atoms with E-state index in [0.29, 0.717) is 23.2 Å². The van der Waals surface area contributed by atoms with E-state index in [1.54, 1.807) is 0 Å². The molecule has 1 atom stereocenters. The summed E-state index contributed by atoms with van der Waals surface area (Å²) in [6.07, 6.45) is 2.31. The number of thioether (sulfide) groups is 1. The summed E-state index contributed by atoms with van der Waals surface area (Å²) in [5.41, 5.74) is 2.86. The van der Waals surface area contributed by atoms with E-state index in [0.717, 1.165) is 37.6 Å². The maximum Gasteiger partial charge on any atom is 0.237 e. The summed E-state index contributed by atoms with van der Waals surface area (Å²) >= 11 is 1.41. The highest BCUT2D eigenvalue weighted by Crippen LogP contribution is 2.32. The number of aryl methyl sites for hydroxylation is 1. The second kappa shape index (κ2) is 10.1. The third kappa shape index (κ3) is 4.91. The predicted octanol–water partition coefficient (Wildman–Crippen LogP) is 4.69. The first-order chi connectivity index (χ1) is 15.6. The lowest BCUT2D eigenvalue weighted by Gasteiger charge is -2.19. The Morgan fingerprint density at radius 2 is 1.84 bits per heavy atom. The van der Waals surface area contributed by atoms with Crippen molar-refractivity contribution in [2.75, 3.05) is 29.9 Å². The molecule has 4 rings (SSSR count). The van der Waals surface area contributed by atoms with Crippen molar-refractivity contribution in [3.63, 3.8) is 0 Å². The molecule has 0 spiro atoms. The number of anilines is 2. The Balaban J connectivity index is 1.57. The second-order valence-corrected chi connectivity index (χ2v) is 9.13. The smallest absolute Gasteiger partial charge is 0.237 e. The van der Waals surface area contributed by atoms with E-state index in [4.69, 9.17) is 4.74 Å². The summed E-state index contributed by atoms with van der Waals surface area (Å²) < 4.78 is 7.69. The summed E-state index contributed by atoms with van der Waals surface area (Å²) in [5.74, 6) is 1.39. The number of para-hydroxylation sites is 2. The number of aromatic nitrogens is 3. The molecule has 1 aliphatic rings. The van der Waals surface area contributed by atoms with Crippen molar-refractivity contribution in [2.45, 2.75) is 44.0 Å². The number of benzene rings is 2. The molecule has 1 saturated heterocycles. The van der Waals surface area contributed by atoms with Gasteiger partial charge in [0, 0.05) is 13.1 Å². The largest absolute Gasteiger partial charge is 0.492 e. The molecule has 1 aliphatic heterocycles. The molecule has 0 bridgehead atoms. The lowest BCUT2D eigenvalue weighted by molar-refractivity contribution is -0.115. The van der Waals surface area contributed by atoms with Gasteiger partial charge >= 0.3 is 0 Å². The zero-order valence-corrected chi connectivity index (χ0v) is 19.6. The van der Waals surface area contributed by atoms with E-state index in [1.165, 1.54) is 17.3 Å². The van der Waals surface area contributed by atoms with Crippen LogP contribution in [0, 0.1) is 6.92 Å². The van der Waals surface area contributed by atoms with Gasteiger partial charge in [-0.3, -0.25) is 9.36 Å². The molecule has 8 heteroatoms.